The van der Waals surface area contributed by atoms with E-state index in [9.17, 15) is 4.79 Å². The fourth-order valence-electron chi connectivity index (χ4n) is 4.06. The highest BCUT2D eigenvalue weighted by molar-refractivity contribution is 5.74. The Morgan fingerprint density at radius 2 is 2.27 bits per heavy atom. The number of nitrogens with zero attached hydrogens (tertiary/aromatic N) is 4. The first-order chi connectivity index (χ1) is 12.6. The number of carbonyl (C=O) groups is 1. The van der Waals surface area contributed by atoms with Crippen LogP contribution in [-0.2, 0) is 4.74 Å². The molecule has 1 fully saturated rings. The van der Waals surface area contributed by atoms with Crippen molar-refractivity contribution < 1.29 is 9.53 Å². The molecule has 8 nitrogen and oxygen atoms in total. The van der Waals surface area contributed by atoms with Crippen molar-refractivity contribution in [3.8, 4) is 0 Å². The Balaban J connectivity index is 1.63. The molecule has 1 saturated carbocycles. The van der Waals surface area contributed by atoms with Crippen LogP contribution >= 0.6 is 0 Å². The fourth-order valence-corrected chi connectivity index (χ4v) is 4.06. The summed E-state index contributed by atoms with van der Waals surface area (Å²) < 4.78 is 7.31. The van der Waals surface area contributed by atoms with Gasteiger partial charge in [-0.25, -0.2) is 9.78 Å². The molecule has 0 saturated heterocycles. The van der Waals surface area contributed by atoms with Gasteiger partial charge in [-0.3, -0.25) is 4.40 Å². The summed E-state index contributed by atoms with van der Waals surface area (Å²) in [5.41, 5.74) is 2.55. The standard InChI is InChI=1S/C18H24N6O2/c1-4-11-7-12(21-18(25)26-10(2)3)8-13(11)17-23-22-15-9-20-16-14(24(15)17)5-6-19-16/h5-6,9-13,19H,4,7-8H2,1-3H3,(H,21,25). The van der Waals surface area contributed by atoms with Crippen LogP contribution in [0.2, 0.25) is 0 Å². The number of ether oxygens (including phenoxy) is 1. The second kappa shape index (κ2) is 6.59. The van der Waals surface area contributed by atoms with Gasteiger partial charge in [-0.2, -0.15) is 0 Å². The quantitative estimate of drug-likeness (QED) is 0.749. The van der Waals surface area contributed by atoms with Crippen LogP contribution in [0.1, 0.15) is 51.8 Å². The number of aromatic nitrogens is 5. The maximum atomic E-state index is 12.0. The van der Waals surface area contributed by atoms with Crippen LogP contribution < -0.4 is 5.32 Å². The van der Waals surface area contributed by atoms with Crippen molar-refractivity contribution in [1.29, 1.82) is 0 Å². The number of hydrogen-bond donors (Lipinski definition) is 2. The lowest BCUT2D eigenvalue weighted by atomic mass is 9.93. The van der Waals surface area contributed by atoms with Gasteiger partial charge in [0, 0.05) is 18.2 Å². The van der Waals surface area contributed by atoms with Crippen molar-refractivity contribution in [1.82, 2.24) is 29.9 Å². The number of fused-ring (bicyclic) bond motifs is 3. The molecule has 1 aliphatic rings. The van der Waals surface area contributed by atoms with Crippen molar-refractivity contribution in [3.63, 3.8) is 0 Å². The van der Waals surface area contributed by atoms with E-state index < -0.39 is 0 Å². The summed E-state index contributed by atoms with van der Waals surface area (Å²) >= 11 is 0. The van der Waals surface area contributed by atoms with Crippen LogP contribution in [0.4, 0.5) is 4.79 Å². The molecule has 8 heteroatoms. The lowest BCUT2D eigenvalue weighted by Gasteiger charge is -2.16. The summed E-state index contributed by atoms with van der Waals surface area (Å²) in [5, 5.41) is 11.8. The molecule has 0 aliphatic heterocycles. The Labute approximate surface area is 151 Å². The number of carbonyl (C=O) groups excluding carboxylic acids is 1. The molecule has 3 atom stereocenters. The van der Waals surface area contributed by atoms with Crippen LogP contribution in [0.15, 0.2) is 18.5 Å². The van der Waals surface area contributed by atoms with Crippen LogP contribution in [0.5, 0.6) is 0 Å². The van der Waals surface area contributed by atoms with Gasteiger partial charge >= 0.3 is 6.09 Å². The molecule has 2 N–H and O–H groups in total. The smallest absolute Gasteiger partial charge is 0.407 e. The van der Waals surface area contributed by atoms with Crippen LogP contribution in [0.25, 0.3) is 16.8 Å². The summed E-state index contributed by atoms with van der Waals surface area (Å²) in [4.78, 5) is 19.5. The molecular weight excluding hydrogens is 332 g/mol. The third kappa shape index (κ3) is 2.89. The van der Waals surface area contributed by atoms with Crippen LogP contribution in [-0.4, -0.2) is 42.8 Å². The van der Waals surface area contributed by atoms with Gasteiger partial charge in [-0.1, -0.05) is 13.3 Å². The number of alkyl carbamates (subject to hydrolysis) is 1. The first-order valence-electron chi connectivity index (χ1n) is 9.21. The highest BCUT2D eigenvalue weighted by atomic mass is 16.6. The van der Waals surface area contributed by atoms with Gasteiger partial charge in [0.2, 0.25) is 0 Å². The average Bonchev–Trinajstić information content (AvgIpc) is 3.29. The number of amides is 1. The normalized spacial score (nSPS) is 23.2. The third-order valence-electron chi connectivity index (χ3n) is 5.18. The number of hydrogen-bond acceptors (Lipinski definition) is 5. The zero-order valence-electron chi connectivity index (χ0n) is 15.3. The largest absolute Gasteiger partial charge is 0.447 e. The number of aromatic amines is 1. The lowest BCUT2D eigenvalue weighted by molar-refractivity contribution is 0.112. The summed E-state index contributed by atoms with van der Waals surface area (Å²) in [7, 11) is 0. The number of H-pyrrole nitrogens is 1. The van der Waals surface area contributed by atoms with E-state index in [2.05, 4.69) is 36.8 Å². The van der Waals surface area contributed by atoms with Crippen molar-refractivity contribution >= 4 is 22.9 Å². The molecular formula is C18H24N6O2. The molecule has 1 aliphatic carbocycles. The van der Waals surface area contributed by atoms with E-state index in [4.69, 9.17) is 4.74 Å². The number of rotatable bonds is 4. The van der Waals surface area contributed by atoms with Gasteiger partial charge < -0.3 is 15.0 Å². The molecule has 0 aromatic carbocycles. The monoisotopic (exact) mass is 356 g/mol. The fraction of sp³-hybridized carbons (Fsp3) is 0.556. The van der Waals surface area contributed by atoms with E-state index in [0.29, 0.717) is 5.92 Å². The molecule has 26 heavy (non-hydrogen) atoms. The number of nitrogens with one attached hydrogen (secondary N) is 2. The Morgan fingerprint density at radius 1 is 1.42 bits per heavy atom. The molecule has 138 valence electrons. The predicted octanol–water partition coefficient (Wildman–Crippen LogP) is 3.01. The minimum atomic E-state index is -0.344. The molecule has 3 aromatic rings. The molecule has 4 rings (SSSR count). The predicted molar refractivity (Wildman–Crippen MR) is 96.9 cm³/mol. The minimum Gasteiger partial charge on any atom is -0.447 e. The van der Waals surface area contributed by atoms with E-state index in [1.54, 1.807) is 6.20 Å². The average molecular weight is 356 g/mol. The molecule has 0 spiro atoms. The van der Waals surface area contributed by atoms with Crippen molar-refractivity contribution in [2.75, 3.05) is 0 Å². The van der Waals surface area contributed by atoms with E-state index in [-0.39, 0.29) is 24.2 Å². The Hall–Kier alpha value is -2.64. The lowest BCUT2D eigenvalue weighted by Crippen LogP contribution is -2.34. The first-order valence-corrected chi connectivity index (χ1v) is 9.21. The van der Waals surface area contributed by atoms with Crippen molar-refractivity contribution in [3.05, 3.63) is 24.3 Å². The summed E-state index contributed by atoms with van der Waals surface area (Å²) in [6.45, 7) is 5.89. The molecule has 0 bridgehead atoms. The Kier molecular flexibility index (Phi) is 4.26. The van der Waals surface area contributed by atoms with E-state index in [1.807, 2.05) is 26.1 Å². The minimum absolute atomic E-state index is 0.0899. The summed E-state index contributed by atoms with van der Waals surface area (Å²) in [5.74, 6) is 1.62. The summed E-state index contributed by atoms with van der Waals surface area (Å²) in [6, 6.07) is 2.08. The Bertz CT molecular complexity index is 930. The van der Waals surface area contributed by atoms with Gasteiger partial charge in [-0.15, -0.1) is 10.2 Å². The molecule has 1 amide bonds. The second-order valence-electron chi connectivity index (χ2n) is 7.26. The van der Waals surface area contributed by atoms with Crippen molar-refractivity contribution in [2.24, 2.45) is 5.92 Å². The maximum absolute atomic E-state index is 12.0. The zero-order chi connectivity index (χ0) is 18.3. The molecule has 0 radical (unpaired) electrons. The maximum Gasteiger partial charge on any atom is 0.407 e. The van der Waals surface area contributed by atoms with E-state index in [1.165, 1.54) is 0 Å². The highest BCUT2D eigenvalue weighted by Crippen LogP contribution is 2.41. The van der Waals surface area contributed by atoms with Gasteiger partial charge in [0.15, 0.2) is 11.3 Å². The third-order valence-corrected chi connectivity index (χ3v) is 5.18. The highest BCUT2D eigenvalue weighted by Gasteiger charge is 2.38. The van der Waals surface area contributed by atoms with Gasteiger partial charge in [0.25, 0.3) is 0 Å². The van der Waals surface area contributed by atoms with Gasteiger partial charge in [0.05, 0.1) is 17.8 Å². The first kappa shape index (κ1) is 16.8. The Morgan fingerprint density at radius 3 is 3.04 bits per heavy atom. The van der Waals surface area contributed by atoms with Crippen molar-refractivity contribution in [2.45, 2.75) is 58.1 Å². The summed E-state index contributed by atoms with van der Waals surface area (Å²) in [6.07, 6.45) is 5.93. The molecule has 3 unspecified atom stereocenters. The second-order valence-corrected chi connectivity index (χ2v) is 7.26. The van der Waals surface area contributed by atoms with Crippen LogP contribution in [0.3, 0.4) is 0 Å². The topological polar surface area (TPSA) is 97.2 Å². The molecule has 3 heterocycles. The van der Waals surface area contributed by atoms with Gasteiger partial charge in [0.1, 0.15) is 5.82 Å². The van der Waals surface area contributed by atoms with E-state index in [0.717, 1.165) is 41.9 Å². The SMILES string of the molecule is CCC1CC(NC(=O)OC(C)C)CC1c1nnc2cnc3[nH]ccc3n12. The zero-order valence-corrected chi connectivity index (χ0v) is 15.3. The molecule has 3 aromatic heterocycles. The van der Waals surface area contributed by atoms with Gasteiger partial charge in [-0.05, 0) is 38.7 Å². The van der Waals surface area contributed by atoms with Crippen LogP contribution in [0, 0.1) is 5.92 Å². The van der Waals surface area contributed by atoms with E-state index >= 15 is 0 Å².